The Balaban J connectivity index is 2.15. The SMILES string of the molecule is O=C1CC=C(c2ccc(F)cc2)c2ccc(F)cc2N1. The van der Waals surface area contributed by atoms with Gasteiger partial charge in [0.15, 0.2) is 0 Å². The van der Waals surface area contributed by atoms with Crippen LogP contribution in [0.1, 0.15) is 17.5 Å². The Labute approximate surface area is 114 Å². The molecule has 2 aromatic carbocycles. The van der Waals surface area contributed by atoms with Crippen molar-refractivity contribution >= 4 is 17.2 Å². The van der Waals surface area contributed by atoms with Crippen LogP contribution in [0.5, 0.6) is 0 Å². The van der Waals surface area contributed by atoms with E-state index in [1.807, 2.05) is 0 Å². The van der Waals surface area contributed by atoms with E-state index in [2.05, 4.69) is 5.32 Å². The highest BCUT2D eigenvalue weighted by atomic mass is 19.1. The molecule has 4 heteroatoms. The fraction of sp³-hybridized carbons (Fsp3) is 0.0625. The summed E-state index contributed by atoms with van der Waals surface area (Å²) in [5.41, 5.74) is 2.74. The molecule has 0 atom stereocenters. The van der Waals surface area contributed by atoms with Gasteiger partial charge in [-0.3, -0.25) is 4.79 Å². The molecule has 0 aliphatic carbocycles. The van der Waals surface area contributed by atoms with Gasteiger partial charge in [-0.15, -0.1) is 0 Å². The van der Waals surface area contributed by atoms with Crippen LogP contribution in [0, 0.1) is 11.6 Å². The largest absolute Gasteiger partial charge is 0.325 e. The van der Waals surface area contributed by atoms with Crippen molar-refractivity contribution in [1.29, 1.82) is 0 Å². The highest BCUT2D eigenvalue weighted by Gasteiger charge is 2.17. The number of hydrogen-bond donors (Lipinski definition) is 1. The first kappa shape index (κ1) is 12.5. The Hall–Kier alpha value is -2.49. The second-order valence-corrected chi connectivity index (χ2v) is 4.57. The summed E-state index contributed by atoms with van der Waals surface area (Å²) in [5, 5.41) is 2.67. The number of rotatable bonds is 1. The molecule has 1 heterocycles. The smallest absolute Gasteiger partial charge is 0.228 e. The minimum atomic E-state index is -0.413. The molecule has 0 radical (unpaired) electrons. The predicted molar refractivity (Wildman–Crippen MR) is 73.1 cm³/mol. The number of halogens is 2. The lowest BCUT2D eigenvalue weighted by molar-refractivity contribution is -0.115. The van der Waals surface area contributed by atoms with Gasteiger partial charge in [-0.25, -0.2) is 8.78 Å². The molecule has 0 spiro atoms. The Bertz CT molecular complexity index is 705. The lowest BCUT2D eigenvalue weighted by Crippen LogP contribution is -2.09. The standard InChI is InChI=1S/C16H11F2NO/c17-11-3-1-10(2-4-11)13-7-8-16(20)19-15-9-12(18)5-6-14(13)15/h1-7,9H,8H2,(H,19,20). The van der Waals surface area contributed by atoms with Crippen LogP contribution in [0.15, 0.2) is 48.5 Å². The van der Waals surface area contributed by atoms with E-state index in [4.69, 9.17) is 0 Å². The van der Waals surface area contributed by atoms with Gasteiger partial charge in [-0.1, -0.05) is 18.2 Å². The van der Waals surface area contributed by atoms with Crippen LogP contribution < -0.4 is 5.32 Å². The molecule has 2 nitrogen and oxygen atoms in total. The van der Waals surface area contributed by atoms with E-state index >= 15 is 0 Å². The van der Waals surface area contributed by atoms with Gasteiger partial charge < -0.3 is 5.32 Å². The van der Waals surface area contributed by atoms with Crippen LogP contribution in [-0.2, 0) is 4.79 Å². The monoisotopic (exact) mass is 271 g/mol. The summed E-state index contributed by atoms with van der Waals surface area (Å²) < 4.78 is 26.3. The number of fused-ring (bicyclic) bond motifs is 1. The molecular weight excluding hydrogens is 260 g/mol. The topological polar surface area (TPSA) is 29.1 Å². The predicted octanol–water partition coefficient (Wildman–Crippen LogP) is 3.74. The molecule has 100 valence electrons. The molecule has 1 aliphatic rings. The minimum absolute atomic E-state index is 0.197. The maximum absolute atomic E-state index is 13.3. The molecule has 0 aromatic heterocycles. The van der Waals surface area contributed by atoms with E-state index in [-0.39, 0.29) is 18.1 Å². The van der Waals surface area contributed by atoms with E-state index in [9.17, 15) is 13.6 Å². The molecule has 0 unspecified atom stereocenters. The van der Waals surface area contributed by atoms with Gasteiger partial charge in [0.05, 0.1) is 5.69 Å². The molecule has 0 saturated carbocycles. The molecule has 20 heavy (non-hydrogen) atoms. The number of amides is 1. The first-order chi connectivity index (χ1) is 9.63. The quantitative estimate of drug-likeness (QED) is 0.841. The van der Waals surface area contributed by atoms with Crippen molar-refractivity contribution in [3.8, 4) is 0 Å². The summed E-state index contributed by atoms with van der Waals surface area (Å²) in [7, 11) is 0. The van der Waals surface area contributed by atoms with Gasteiger partial charge in [0.1, 0.15) is 11.6 Å². The van der Waals surface area contributed by atoms with Crippen LogP contribution in [0.3, 0.4) is 0 Å². The lowest BCUT2D eigenvalue weighted by atomic mass is 9.96. The van der Waals surface area contributed by atoms with E-state index in [0.29, 0.717) is 5.69 Å². The third-order valence-electron chi connectivity index (χ3n) is 3.19. The summed E-state index contributed by atoms with van der Waals surface area (Å²) >= 11 is 0. The number of carbonyl (C=O) groups excluding carboxylic acids is 1. The first-order valence-corrected chi connectivity index (χ1v) is 6.19. The Morgan fingerprint density at radius 1 is 0.950 bits per heavy atom. The zero-order valence-corrected chi connectivity index (χ0v) is 10.5. The third-order valence-corrected chi connectivity index (χ3v) is 3.19. The van der Waals surface area contributed by atoms with Crippen LogP contribution >= 0.6 is 0 Å². The maximum Gasteiger partial charge on any atom is 0.228 e. The molecule has 1 N–H and O–H groups in total. The van der Waals surface area contributed by atoms with Crippen molar-refractivity contribution < 1.29 is 13.6 Å². The number of carbonyl (C=O) groups is 1. The van der Waals surface area contributed by atoms with Gasteiger partial charge in [0.25, 0.3) is 0 Å². The molecule has 1 amide bonds. The highest BCUT2D eigenvalue weighted by Crippen LogP contribution is 2.32. The van der Waals surface area contributed by atoms with E-state index in [0.717, 1.165) is 16.7 Å². The third kappa shape index (κ3) is 2.32. The molecule has 0 bridgehead atoms. The van der Waals surface area contributed by atoms with Crippen molar-refractivity contribution in [2.45, 2.75) is 6.42 Å². The van der Waals surface area contributed by atoms with Gasteiger partial charge in [0, 0.05) is 12.0 Å². The van der Waals surface area contributed by atoms with Crippen molar-refractivity contribution in [1.82, 2.24) is 0 Å². The van der Waals surface area contributed by atoms with Crippen LogP contribution in [0.4, 0.5) is 14.5 Å². The van der Waals surface area contributed by atoms with Crippen molar-refractivity contribution in [3.05, 3.63) is 71.3 Å². The van der Waals surface area contributed by atoms with Gasteiger partial charge in [-0.2, -0.15) is 0 Å². The van der Waals surface area contributed by atoms with Gasteiger partial charge in [0.2, 0.25) is 5.91 Å². The highest BCUT2D eigenvalue weighted by molar-refractivity contribution is 6.00. The molecule has 2 aromatic rings. The van der Waals surface area contributed by atoms with Crippen LogP contribution in [0.2, 0.25) is 0 Å². The second kappa shape index (κ2) is 4.89. The lowest BCUT2D eigenvalue weighted by Gasteiger charge is -2.11. The Morgan fingerprint density at radius 2 is 1.65 bits per heavy atom. The minimum Gasteiger partial charge on any atom is -0.325 e. The molecule has 0 fully saturated rings. The summed E-state index contributed by atoms with van der Waals surface area (Å²) in [6.45, 7) is 0. The van der Waals surface area contributed by atoms with E-state index < -0.39 is 5.82 Å². The first-order valence-electron chi connectivity index (χ1n) is 6.19. The molecule has 3 rings (SSSR count). The number of nitrogens with one attached hydrogen (secondary N) is 1. The van der Waals surface area contributed by atoms with Crippen molar-refractivity contribution in [2.24, 2.45) is 0 Å². The number of hydrogen-bond acceptors (Lipinski definition) is 1. The van der Waals surface area contributed by atoms with E-state index in [1.165, 1.54) is 24.3 Å². The zero-order valence-electron chi connectivity index (χ0n) is 10.5. The normalized spacial score (nSPS) is 14.1. The van der Waals surface area contributed by atoms with Gasteiger partial charge in [-0.05, 0) is 41.5 Å². The average molecular weight is 271 g/mol. The average Bonchev–Trinajstić information content (AvgIpc) is 2.58. The molecule has 1 aliphatic heterocycles. The van der Waals surface area contributed by atoms with Gasteiger partial charge >= 0.3 is 0 Å². The Kier molecular flexibility index (Phi) is 3.06. The summed E-state index contributed by atoms with van der Waals surface area (Å²) in [5.74, 6) is -0.935. The zero-order chi connectivity index (χ0) is 14.1. The Morgan fingerprint density at radius 3 is 2.40 bits per heavy atom. The van der Waals surface area contributed by atoms with Crippen molar-refractivity contribution in [2.75, 3.05) is 5.32 Å². The fourth-order valence-corrected chi connectivity index (χ4v) is 2.26. The second-order valence-electron chi connectivity index (χ2n) is 4.57. The van der Waals surface area contributed by atoms with Crippen LogP contribution in [-0.4, -0.2) is 5.91 Å². The molecular formula is C16H11F2NO. The fourth-order valence-electron chi connectivity index (χ4n) is 2.26. The van der Waals surface area contributed by atoms with E-state index in [1.54, 1.807) is 24.3 Å². The van der Waals surface area contributed by atoms with Crippen LogP contribution in [0.25, 0.3) is 5.57 Å². The molecule has 0 saturated heterocycles. The summed E-state index contributed by atoms with van der Waals surface area (Å²) in [4.78, 5) is 11.6. The summed E-state index contributed by atoms with van der Waals surface area (Å²) in [6, 6.07) is 10.3. The number of anilines is 1. The maximum atomic E-state index is 13.3. The summed E-state index contributed by atoms with van der Waals surface area (Å²) in [6.07, 6.45) is 1.97. The number of benzene rings is 2. The van der Waals surface area contributed by atoms with Crippen molar-refractivity contribution in [3.63, 3.8) is 0 Å².